The van der Waals surface area contributed by atoms with Gasteiger partial charge in [0, 0.05) is 37.4 Å². The molecule has 6 atom stereocenters. The van der Waals surface area contributed by atoms with E-state index in [1.807, 2.05) is 27.7 Å². The van der Waals surface area contributed by atoms with Gasteiger partial charge in [0.2, 0.25) is 0 Å². The number of likely N-dealkylation sites (tertiary alicyclic amines) is 2. The number of nitrogens with one attached hydrogen (secondary N) is 1. The molecule has 3 heterocycles. The van der Waals surface area contributed by atoms with E-state index in [9.17, 15) is 0 Å². The lowest BCUT2D eigenvalue weighted by Crippen LogP contribution is -2.31. The molecule has 6 heteroatoms. The summed E-state index contributed by atoms with van der Waals surface area (Å²) in [5.41, 5.74) is 0. The van der Waals surface area contributed by atoms with Gasteiger partial charge in [-0.15, -0.1) is 24.2 Å². The number of piperidine rings is 3. The number of nitrogens with zero attached hydrogens (tertiary/aromatic N) is 2. The molecule has 250 valence electrons. The minimum Gasteiger partial charge on any atom is -0.316 e. The van der Waals surface area contributed by atoms with Crippen molar-refractivity contribution in [1.82, 2.24) is 15.1 Å². The van der Waals surface area contributed by atoms with E-state index in [4.69, 9.17) is 6.42 Å². The van der Waals surface area contributed by atoms with Gasteiger partial charge in [0.1, 0.15) is 0 Å². The summed E-state index contributed by atoms with van der Waals surface area (Å²) >= 11 is 0. The van der Waals surface area contributed by atoms with Crippen molar-refractivity contribution >= 4 is 29.7 Å². The van der Waals surface area contributed by atoms with Crippen molar-refractivity contribution < 1.29 is 0 Å². The Kier molecular flexibility index (Phi) is 93.2. The average molecular weight is 628 g/mol. The molecule has 3 saturated heterocycles. The largest absolute Gasteiger partial charge is 0.316 e. The van der Waals surface area contributed by atoms with Gasteiger partial charge >= 0.3 is 0 Å². The second-order valence-corrected chi connectivity index (χ2v) is 8.20. The Balaban J connectivity index is -0.0000000303. The minimum atomic E-state index is 0. The standard InChI is InChI=1S/C9H15N.2C8H13N.C2H6.7CH4.3H3P/c1-3-5-9-6-4-7-10(2)8-9;1-3-8-5-4-6-9(2)7-8;1-2-4-8-5-3-6-9-7-8;1-2;;;;;;;;;;/h9H,4,6-8H2,1-2H3;1,8H,4-7H2,2H3;8-9H,3,5-7H2,1H3;1-2H3;7*1H4;3*1H3. The van der Waals surface area contributed by atoms with Crippen molar-refractivity contribution in [3.63, 3.8) is 0 Å². The normalized spacial score (nSPS) is 19.6. The fourth-order valence-electron chi connectivity index (χ4n) is 3.97. The third kappa shape index (κ3) is 40.0. The van der Waals surface area contributed by atoms with Crippen LogP contribution in [0.1, 0.15) is 118 Å². The summed E-state index contributed by atoms with van der Waals surface area (Å²) < 4.78 is 0. The lowest BCUT2D eigenvalue weighted by atomic mass is 9.99. The second kappa shape index (κ2) is 51.6. The fourth-order valence-corrected chi connectivity index (χ4v) is 3.97. The zero-order valence-electron chi connectivity index (χ0n) is 22.8. The van der Waals surface area contributed by atoms with Crippen molar-refractivity contribution in [2.75, 3.05) is 53.4 Å². The maximum absolute atomic E-state index is 5.29. The van der Waals surface area contributed by atoms with Crippen LogP contribution in [0.3, 0.4) is 0 Å². The van der Waals surface area contributed by atoms with Crippen LogP contribution in [0.5, 0.6) is 0 Å². The molecule has 6 unspecified atom stereocenters. The van der Waals surface area contributed by atoms with Gasteiger partial charge in [-0.3, -0.25) is 0 Å². The van der Waals surface area contributed by atoms with E-state index in [0.717, 1.165) is 13.1 Å². The van der Waals surface area contributed by atoms with Gasteiger partial charge in [-0.2, -0.15) is 29.7 Å². The maximum Gasteiger partial charge on any atom is 0.0330 e. The first-order valence-electron chi connectivity index (χ1n) is 12.0. The molecule has 40 heavy (non-hydrogen) atoms. The summed E-state index contributed by atoms with van der Waals surface area (Å²) in [6, 6.07) is 0. The fraction of sp³-hybridized carbons (Fsp3) is 0.824. The van der Waals surface area contributed by atoms with Gasteiger partial charge in [0.05, 0.1) is 0 Å². The molecule has 0 amide bonds. The Bertz CT molecular complexity index is 579. The van der Waals surface area contributed by atoms with Gasteiger partial charge in [-0.25, -0.2) is 0 Å². The maximum atomic E-state index is 5.29. The summed E-state index contributed by atoms with van der Waals surface area (Å²) in [6.07, 6.45) is 13.0. The Morgan fingerprint density at radius 1 is 0.625 bits per heavy atom. The molecule has 0 aromatic heterocycles. The predicted molar refractivity (Wildman–Crippen MR) is 214 cm³/mol. The van der Waals surface area contributed by atoms with Crippen LogP contribution >= 0.6 is 29.7 Å². The minimum absolute atomic E-state index is 0. The monoisotopic (exact) mass is 628 g/mol. The number of rotatable bonds is 0. The second-order valence-electron chi connectivity index (χ2n) is 8.20. The highest BCUT2D eigenvalue weighted by Gasteiger charge is 2.14. The Morgan fingerprint density at radius 3 is 1.32 bits per heavy atom. The van der Waals surface area contributed by atoms with E-state index in [1.54, 1.807) is 0 Å². The Labute approximate surface area is 269 Å². The summed E-state index contributed by atoms with van der Waals surface area (Å²) in [5, 5.41) is 3.32. The van der Waals surface area contributed by atoms with E-state index in [1.165, 1.54) is 64.7 Å². The third-order valence-corrected chi connectivity index (χ3v) is 5.48. The van der Waals surface area contributed by atoms with E-state index in [2.05, 4.69) is 58.8 Å². The quantitative estimate of drug-likeness (QED) is 0.214. The lowest BCUT2D eigenvalue weighted by Gasteiger charge is -2.26. The first-order valence-corrected chi connectivity index (χ1v) is 12.0. The van der Waals surface area contributed by atoms with Crippen molar-refractivity contribution in [3.8, 4) is 36.0 Å². The van der Waals surface area contributed by atoms with Crippen LogP contribution in [-0.2, 0) is 0 Å². The Morgan fingerprint density at radius 2 is 1.00 bits per heavy atom. The highest BCUT2D eigenvalue weighted by atomic mass is 31.0. The summed E-state index contributed by atoms with van der Waals surface area (Å²) in [7, 11) is 4.30. The topological polar surface area (TPSA) is 18.5 Å². The van der Waals surface area contributed by atoms with Gasteiger partial charge in [-0.1, -0.05) is 77.7 Å². The SMILES string of the molecule is C.C.C.C.C.C.C.C#CC1CCCN(C)C1.CC.CC#CC1CCCN(C)C1.CC#CC1CCCNC1.P.P.P. The number of hydrogen-bond donors (Lipinski definition) is 1. The highest BCUT2D eigenvalue weighted by molar-refractivity contribution is 6.92. The Hall–Kier alpha value is -0.150. The van der Waals surface area contributed by atoms with Crippen LogP contribution in [0, 0.1) is 53.8 Å². The molecule has 0 aliphatic carbocycles. The number of hydrogen-bond acceptors (Lipinski definition) is 3. The molecule has 0 spiro atoms. The first kappa shape index (κ1) is 72.3. The molecule has 3 fully saturated rings. The van der Waals surface area contributed by atoms with Crippen LogP contribution in [0.25, 0.3) is 0 Å². The summed E-state index contributed by atoms with van der Waals surface area (Å²) in [4.78, 5) is 4.66. The van der Waals surface area contributed by atoms with Crippen molar-refractivity contribution in [1.29, 1.82) is 0 Å². The first-order chi connectivity index (χ1) is 14.6. The van der Waals surface area contributed by atoms with E-state index < -0.39 is 0 Å². The van der Waals surface area contributed by atoms with Crippen molar-refractivity contribution in [2.24, 2.45) is 17.8 Å². The molecule has 3 nitrogen and oxygen atoms in total. The molecular weight excluding hydrogens is 543 g/mol. The van der Waals surface area contributed by atoms with Gasteiger partial charge < -0.3 is 15.1 Å². The molecule has 0 aromatic carbocycles. The van der Waals surface area contributed by atoms with Crippen molar-refractivity contribution in [2.45, 2.75) is 118 Å². The molecule has 3 aliphatic heterocycles. The van der Waals surface area contributed by atoms with Crippen LogP contribution < -0.4 is 5.32 Å². The van der Waals surface area contributed by atoms with Gasteiger partial charge in [0.25, 0.3) is 0 Å². The molecule has 1 N–H and O–H groups in total. The highest BCUT2D eigenvalue weighted by Crippen LogP contribution is 2.14. The van der Waals surface area contributed by atoms with Gasteiger partial charge in [0.15, 0.2) is 0 Å². The summed E-state index contributed by atoms with van der Waals surface area (Å²) in [6.45, 7) is 14.9. The molecule has 0 aromatic rings. The molecule has 3 aliphatic rings. The van der Waals surface area contributed by atoms with Crippen LogP contribution in [0.2, 0.25) is 0 Å². The molecule has 0 bridgehead atoms. The lowest BCUT2D eigenvalue weighted by molar-refractivity contribution is 0.242. The zero-order chi connectivity index (χ0) is 22.6. The molecule has 0 radical (unpaired) electrons. The number of terminal acetylenes is 1. The third-order valence-electron chi connectivity index (χ3n) is 5.48. The molecule has 0 saturated carbocycles. The van der Waals surface area contributed by atoms with Crippen molar-refractivity contribution in [3.05, 3.63) is 0 Å². The average Bonchev–Trinajstić information content (AvgIpc) is 2.77. The smallest absolute Gasteiger partial charge is 0.0330 e. The van der Waals surface area contributed by atoms with E-state index in [-0.39, 0.29) is 81.7 Å². The van der Waals surface area contributed by atoms with Crippen LogP contribution in [0.15, 0.2) is 0 Å². The van der Waals surface area contributed by atoms with E-state index in [0.29, 0.717) is 17.8 Å². The zero-order valence-corrected chi connectivity index (χ0v) is 27.1. The molecule has 3 rings (SSSR count). The molecular formula is C34H84N3P3. The van der Waals surface area contributed by atoms with Gasteiger partial charge in [-0.05, 0) is 86.1 Å². The van der Waals surface area contributed by atoms with Crippen LogP contribution in [0.4, 0.5) is 0 Å². The van der Waals surface area contributed by atoms with E-state index >= 15 is 0 Å². The predicted octanol–water partition coefficient (Wildman–Crippen LogP) is 8.98. The summed E-state index contributed by atoms with van der Waals surface area (Å²) in [5.74, 6) is 16.9. The van der Waals surface area contributed by atoms with Crippen LogP contribution in [-0.4, -0.2) is 63.2 Å².